The van der Waals surface area contributed by atoms with E-state index in [9.17, 15) is 0 Å². The standard InChI is InChI=1S/C12H14N4S/c1-8-11(13)14-7-15-12(8)16-9-4-3-5-10(6-9)17-2/h3-7H,1-2H3,(H3,13,14,15,16). The van der Waals surface area contributed by atoms with Crippen molar-refractivity contribution < 1.29 is 0 Å². The summed E-state index contributed by atoms with van der Waals surface area (Å²) in [4.78, 5) is 9.32. The zero-order chi connectivity index (χ0) is 12.3. The van der Waals surface area contributed by atoms with Gasteiger partial charge in [0, 0.05) is 16.1 Å². The number of nitrogens with one attached hydrogen (secondary N) is 1. The number of thioether (sulfide) groups is 1. The quantitative estimate of drug-likeness (QED) is 0.815. The summed E-state index contributed by atoms with van der Waals surface area (Å²) in [6, 6.07) is 8.14. The van der Waals surface area contributed by atoms with Crippen molar-refractivity contribution in [2.75, 3.05) is 17.3 Å². The van der Waals surface area contributed by atoms with Gasteiger partial charge >= 0.3 is 0 Å². The Morgan fingerprint density at radius 2 is 2.12 bits per heavy atom. The van der Waals surface area contributed by atoms with Crippen LogP contribution in [0, 0.1) is 6.92 Å². The summed E-state index contributed by atoms with van der Waals surface area (Å²) in [5.41, 5.74) is 7.60. The van der Waals surface area contributed by atoms with Gasteiger partial charge in [0.2, 0.25) is 0 Å². The molecule has 4 nitrogen and oxygen atoms in total. The maximum Gasteiger partial charge on any atom is 0.138 e. The summed E-state index contributed by atoms with van der Waals surface area (Å²) in [6.45, 7) is 1.90. The number of hydrogen-bond donors (Lipinski definition) is 2. The molecule has 0 spiro atoms. The average molecular weight is 246 g/mol. The van der Waals surface area contributed by atoms with Crippen LogP contribution in [0.5, 0.6) is 0 Å². The van der Waals surface area contributed by atoms with Crippen LogP contribution in [0.25, 0.3) is 0 Å². The maximum atomic E-state index is 5.74. The van der Waals surface area contributed by atoms with Gasteiger partial charge in [-0.25, -0.2) is 9.97 Å². The van der Waals surface area contributed by atoms with Gasteiger partial charge in [0.25, 0.3) is 0 Å². The van der Waals surface area contributed by atoms with Gasteiger partial charge in [-0.15, -0.1) is 11.8 Å². The van der Waals surface area contributed by atoms with E-state index >= 15 is 0 Å². The van der Waals surface area contributed by atoms with Crippen LogP contribution in [0.15, 0.2) is 35.5 Å². The number of rotatable bonds is 3. The lowest BCUT2D eigenvalue weighted by Gasteiger charge is -2.09. The fraction of sp³-hybridized carbons (Fsp3) is 0.167. The molecule has 88 valence electrons. The molecule has 0 aliphatic heterocycles. The van der Waals surface area contributed by atoms with Crippen LogP contribution in [0.4, 0.5) is 17.3 Å². The van der Waals surface area contributed by atoms with Crippen molar-refractivity contribution in [1.29, 1.82) is 0 Å². The van der Waals surface area contributed by atoms with Crippen molar-refractivity contribution in [1.82, 2.24) is 9.97 Å². The first kappa shape index (κ1) is 11.7. The Balaban J connectivity index is 2.28. The maximum absolute atomic E-state index is 5.74. The molecule has 0 bridgehead atoms. The molecule has 0 unspecified atom stereocenters. The minimum absolute atomic E-state index is 0.503. The van der Waals surface area contributed by atoms with E-state index in [1.807, 2.05) is 25.3 Å². The molecule has 1 aromatic carbocycles. The summed E-state index contributed by atoms with van der Waals surface area (Å²) in [7, 11) is 0. The molecule has 0 fully saturated rings. The lowest BCUT2D eigenvalue weighted by Crippen LogP contribution is -2.01. The molecule has 3 N–H and O–H groups in total. The van der Waals surface area contributed by atoms with Gasteiger partial charge in [-0.2, -0.15) is 0 Å². The fourth-order valence-corrected chi connectivity index (χ4v) is 1.89. The first-order valence-electron chi connectivity index (χ1n) is 5.19. The zero-order valence-corrected chi connectivity index (χ0v) is 10.6. The van der Waals surface area contributed by atoms with Crippen molar-refractivity contribution in [2.45, 2.75) is 11.8 Å². The molecule has 0 aliphatic carbocycles. The van der Waals surface area contributed by atoms with E-state index < -0.39 is 0 Å². The minimum atomic E-state index is 0.503. The number of anilines is 3. The largest absolute Gasteiger partial charge is 0.383 e. The molecule has 0 atom stereocenters. The predicted molar refractivity (Wildman–Crippen MR) is 72.7 cm³/mol. The van der Waals surface area contributed by atoms with Gasteiger partial charge in [0.05, 0.1) is 0 Å². The third-order valence-corrected chi connectivity index (χ3v) is 3.18. The highest BCUT2D eigenvalue weighted by atomic mass is 32.2. The van der Waals surface area contributed by atoms with Crippen LogP contribution in [0.3, 0.4) is 0 Å². The van der Waals surface area contributed by atoms with Gasteiger partial charge < -0.3 is 11.1 Å². The van der Waals surface area contributed by atoms with E-state index in [0.29, 0.717) is 5.82 Å². The zero-order valence-electron chi connectivity index (χ0n) is 9.77. The molecular weight excluding hydrogens is 232 g/mol. The van der Waals surface area contributed by atoms with E-state index in [-0.39, 0.29) is 0 Å². The fourth-order valence-electron chi connectivity index (χ4n) is 1.43. The second kappa shape index (κ2) is 5.05. The van der Waals surface area contributed by atoms with Crippen molar-refractivity contribution >= 4 is 29.1 Å². The molecule has 2 rings (SSSR count). The number of nitrogen functional groups attached to an aromatic ring is 1. The van der Waals surface area contributed by atoms with Gasteiger partial charge in [-0.1, -0.05) is 6.07 Å². The second-order valence-electron chi connectivity index (χ2n) is 3.59. The smallest absolute Gasteiger partial charge is 0.138 e. The van der Waals surface area contributed by atoms with Crippen molar-refractivity contribution in [3.63, 3.8) is 0 Å². The van der Waals surface area contributed by atoms with Gasteiger partial charge in [-0.05, 0) is 31.4 Å². The number of hydrogen-bond acceptors (Lipinski definition) is 5. The number of nitrogens with zero attached hydrogens (tertiary/aromatic N) is 2. The van der Waals surface area contributed by atoms with Crippen LogP contribution >= 0.6 is 11.8 Å². The Labute approximate surface area is 105 Å². The molecule has 0 saturated carbocycles. The molecule has 2 aromatic rings. The highest BCUT2D eigenvalue weighted by Gasteiger charge is 2.04. The Morgan fingerprint density at radius 3 is 2.88 bits per heavy atom. The molecule has 0 aliphatic rings. The van der Waals surface area contributed by atoms with Crippen molar-refractivity contribution in [3.8, 4) is 0 Å². The molecule has 1 aromatic heterocycles. The summed E-state index contributed by atoms with van der Waals surface area (Å²) in [5, 5.41) is 3.24. The van der Waals surface area contributed by atoms with Crippen LogP contribution in [-0.4, -0.2) is 16.2 Å². The van der Waals surface area contributed by atoms with Crippen LogP contribution in [0.2, 0.25) is 0 Å². The number of aromatic nitrogens is 2. The van der Waals surface area contributed by atoms with Crippen LogP contribution < -0.4 is 11.1 Å². The summed E-state index contributed by atoms with van der Waals surface area (Å²) in [5.74, 6) is 1.25. The second-order valence-corrected chi connectivity index (χ2v) is 4.47. The number of nitrogens with two attached hydrogens (primary N) is 1. The van der Waals surface area contributed by atoms with Gasteiger partial charge in [0.15, 0.2) is 0 Å². The van der Waals surface area contributed by atoms with Crippen LogP contribution in [-0.2, 0) is 0 Å². The topological polar surface area (TPSA) is 63.8 Å². The third kappa shape index (κ3) is 2.68. The molecule has 0 amide bonds. The molecule has 5 heteroatoms. The Hall–Kier alpha value is -1.75. The van der Waals surface area contributed by atoms with Gasteiger partial charge in [0.1, 0.15) is 18.0 Å². The first-order chi connectivity index (χ1) is 8.20. The Kier molecular flexibility index (Phi) is 3.49. The molecule has 0 saturated heterocycles. The molecular formula is C12H14N4S. The summed E-state index contributed by atoms with van der Waals surface area (Å²) < 4.78 is 0. The molecule has 0 radical (unpaired) electrons. The first-order valence-corrected chi connectivity index (χ1v) is 6.41. The highest BCUT2D eigenvalue weighted by molar-refractivity contribution is 7.98. The molecule has 1 heterocycles. The Bertz CT molecular complexity index is 528. The summed E-state index contributed by atoms with van der Waals surface area (Å²) >= 11 is 1.70. The van der Waals surface area contributed by atoms with E-state index in [1.54, 1.807) is 11.8 Å². The van der Waals surface area contributed by atoms with Crippen molar-refractivity contribution in [2.24, 2.45) is 0 Å². The lowest BCUT2D eigenvalue weighted by atomic mass is 10.3. The SMILES string of the molecule is CSc1cccc(Nc2ncnc(N)c2C)c1. The minimum Gasteiger partial charge on any atom is -0.383 e. The highest BCUT2D eigenvalue weighted by Crippen LogP contribution is 2.23. The normalized spacial score (nSPS) is 10.2. The van der Waals surface area contributed by atoms with E-state index in [4.69, 9.17) is 5.73 Å². The van der Waals surface area contributed by atoms with E-state index in [1.165, 1.54) is 11.2 Å². The molecule has 17 heavy (non-hydrogen) atoms. The lowest BCUT2D eigenvalue weighted by molar-refractivity contribution is 1.14. The monoisotopic (exact) mass is 246 g/mol. The third-order valence-electron chi connectivity index (χ3n) is 2.46. The van der Waals surface area contributed by atoms with Crippen molar-refractivity contribution in [3.05, 3.63) is 36.2 Å². The number of benzene rings is 1. The summed E-state index contributed by atoms with van der Waals surface area (Å²) in [6.07, 6.45) is 3.51. The van der Waals surface area contributed by atoms with E-state index in [2.05, 4.69) is 27.4 Å². The van der Waals surface area contributed by atoms with E-state index in [0.717, 1.165) is 17.1 Å². The van der Waals surface area contributed by atoms with Crippen LogP contribution in [0.1, 0.15) is 5.56 Å². The van der Waals surface area contributed by atoms with Gasteiger partial charge in [-0.3, -0.25) is 0 Å². The average Bonchev–Trinajstić information content (AvgIpc) is 2.35. The predicted octanol–water partition coefficient (Wildman–Crippen LogP) is 2.83. The Morgan fingerprint density at radius 1 is 1.29 bits per heavy atom.